The fourth-order valence-corrected chi connectivity index (χ4v) is 2.33. The van der Waals surface area contributed by atoms with Gasteiger partial charge in [0, 0.05) is 15.7 Å². The van der Waals surface area contributed by atoms with Crippen LogP contribution in [0.1, 0.15) is 11.1 Å². The molecule has 2 aromatic rings. The first-order valence-corrected chi connectivity index (χ1v) is 7.18. The van der Waals surface area contributed by atoms with E-state index in [1.807, 2.05) is 37.3 Å². The lowest BCUT2D eigenvalue weighted by Gasteiger charge is -2.11. The van der Waals surface area contributed by atoms with Crippen molar-refractivity contribution in [3.8, 4) is 0 Å². The lowest BCUT2D eigenvalue weighted by molar-refractivity contribution is 1.42. The molecule has 0 atom stereocenters. The Balaban J connectivity index is 2.28. The van der Waals surface area contributed by atoms with Crippen molar-refractivity contribution >= 4 is 56.1 Å². The quantitative estimate of drug-likeness (QED) is 0.778. The van der Waals surface area contributed by atoms with Gasteiger partial charge in [-0.05, 0) is 42.8 Å². The molecule has 0 bridgehead atoms. The number of anilines is 2. The van der Waals surface area contributed by atoms with Crippen molar-refractivity contribution < 1.29 is 0 Å². The van der Waals surface area contributed by atoms with E-state index in [9.17, 15) is 0 Å². The molecule has 0 unspecified atom stereocenters. The molecule has 2 nitrogen and oxygen atoms in total. The topological polar surface area (TPSA) is 38.0 Å². The summed E-state index contributed by atoms with van der Waals surface area (Å²) in [6.07, 6.45) is 0. The molecule has 0 spiro atoms. The van der Waals surface area contributed by atoms with Gasteiger partial charge < -0.3 is 11.1 Å². The predicted molar refractivity (Wildman–Crippen MR) is 89.5 cm³/mol. The molecular formula is C14H12BrClN2S. The van der Waals surface area contributed by atoms with Crippen molar-refractivity contribution in [3.05, 3.63) is 57.0 Å². The predicted octanol–water partition coefficient (Wildman–Crippen LogP) is 4.79. The Morgan fingerprint density at radius 3 is 2.58 bits per heavy atom. The van der Waals surface area contributed by atoms with Crippen molar-refractivity contribution in [2.45, 2.75) is 6.92 Å². The Morgan fingerprint density at radius 1 is 1.26 bits per heavy atom. The zero-order valence-electron chi connectivity index (χ0n) is 10.2. The highest BCUT2D eigenvalue weighted by molar-refractivity contribution is 9.10. The molecule has 2 rings (SSSR count). The van der Waals surface area contributed by atoms with Gasteiger partial charge in [0.25, 0.3) is 0 Å². The Hall–Kier alpha value is -1.10. The Bertz CT molecular complexity index is 643. The zero-order chi connectivity index (χ0) is 14.0. The molecule has 3 N–H and O–H groups in total. The second-order valence-electron chi connectivity index (χ2n) is 4.15. The normalized spacial score (nSPS) is 10.3. The average Bonchev–Trinajstić information content (AvgIpc) is 2.36. The van der Waals surface area contributed by atoms with Gasteiger partial charge in [0.05, 0.1) is 10.7 Å². The first-order chi connectivity index (χ1) is 8.97. The van der Waals surface area contributed by atoms with Gasteiger partial charge in [-0.3, -0.25) is 0 Å². The standard InChI is InChI=1S/C14H12BrClN2S/c1-8-2-4-10(7-11(8)15)18-13-5-3-9(14(17)19)6-12(13)16/h2-7,18H,1H3,(H2,17,19). The van der Waals surface area contributed by atoms with E-state index in [0.717, 1.165) is 21.4 Å². The Labute approximate surface area is 131 Å². The summed E-state index contributed by atoms with van der Waals surface area (Å²) in [5.74, 6) is 0. The van der Waals surface area contributed by atoms with Crippen LogP contribution in [0.15, 0.2) is 40.9 Å². The SMILES string of the molecule is Cc1ccc(Nc2ccc(C(N)=S)cc2Cl)cc1Br. The third-order valence-corrected chi connectivity index (χ3v) is 4.11. The molecule has 0 saturated heterocycles. The number of halogens is 2. The van der Waals surface area contributed by atoms with Gasteiger partial charge in [-0.15, -0.1) is 0 Å². The summed E-state index contributed by atoms with van der Waals surface area (Å²) in [5, 5.41) is 3.85. The van der Waals surface area contributed by atoms with Crippen LogP contribution in [-0.2, 0) is 0 Å². The number of benzene rings is 2. The van der Waals surface area contributed by atoms with Gasteiger partial charge in [-0.1, -0.05) is 45.8 Å². The molecule has 0 fully saturated rings. The molecule has 0 aliphatic rings. The van der Waals surface area contributed by atoms with Crippen LogP contribution in [0.5, 0.6) is 0 Å². The maximum atomic E-state index is 6.21. The molecule has 0 heterocycles. The highest BCUT2D eigenvalue weighted by atomic mass is 79.9. The summed E-state index contributed by atoms with van der Waals surface area (Å²) >= 11 is 14.6. The van der Waals surface area contributed by atoms with Gasteiger partial charge >= 0.3 is 0 Å². The van der Waals surface area contributed by atoms with Crippen LogP contribution in [-0.4, -0.2) is 4.99 Å². The van der Waals surface area contributed by atoms with Gasteiger partial charge in [0.15, 0.2) is 0 Å². The van der Waals surface area contributed by atoms with Crippen molar-refractivity contribution in [3.63, 3.8) is 0 Å². The van der Waals surface area contributed by atoms with Crippen LogP contribution in [0, 0.1) is 6.92 Å². The largest absolute Gasteiger partial charge is 0.389 e. The second-order valence-corrected chi connectivity index (χ2v) is 5.85. The van der Waals surface area contributed by atoms with E-state index in [2.05, 4.69) is 21.2 Å². The Morgan fingerprint density at radius 2 is 2.00 bits per heavy atom. The molecular weight excluding hydrogens is 344 g/mol. The van der Waals surface area contributed by atoms with E-state index in [0.29, 0.717) is 10.0 Å². The molecule has 5 heteroatoms. The maximum Gasteiger partial charge on any atom is 0.104 e. The molecule has 98 valence electrons. The van der Waals surface area contributed by atoms with Crippen molar-refractivity contribution in [2.75, 3.05) is 5.32 Å². The van der Waals surface area contributed by atoms with Crippen molar-refractivity contribution in [1.82, 2.24) is 0 Å². The van der Waals surface area contributed by atoms with Crippen LogP contribution >= 0.6 is 39.7 Å². The van der Waals surface area contributed by atoms with Gasteiger partial charge in [-0.2, -0.15) is 0 Å². The smallest absolute Gasteiger partial charge is 0.104 e. The van der Waals surface area contributed by atoms with Crippen LogP contribution in [0.2, 0.25) is 5.02 Å². The summed E-state index contributed by atoms with van der Waals surface area (Å²) < 4.78 is 1.05. The fraction of sp³-hybridized carbons (Fsp3) is 0.0714. The lowest BCUT2D eigenvalue weighted by Crippen LogP contribution is -2.09. The van der Waals surface area contributed by atoms with Crippen LogP contribution in [0.4, 0.5) is 11.4 Å². The first-order valence-electron chi connectivity index (χ1n) is 5.60. The first kappa shape index (κ1) is 14.3. The number of nitrogens with one attached hydrogen (secondary N) is 1. The van der Waals surface area contributed by atoms with E-state index in [4.69, 9.17) is 29.6 Å². The number of hydrogen-bond acceptors (Lipinski definition) is 2. The summed E-state index contributed by atoms with van der Waals surface area (Å²) in [4.78, 5) is 0.339. The summed E-state index contributed by atoms with van der Waals surface area (Å²) in [6, 6.07) is 11.5. The molecule has 0 aliphatic carbocycles. The van der Waals surface area contributed by atoms with Crippen molar-refractivity contribution in [1.29, 1.82) is 0 Å². The summed E-state index contributed by atoms with van der Waals surface area (Å²) in [5.41, 5.74) is 9.29. The van der Waals surface area contributed by atoms with Crippen LogP contribution < -0.4 is 11.1 Å². The number of hydrogen-bond donors (Lipinski definition) is 2. The highest BCUT2D eigenvalue weighted by Gasteiger charge is 2.05. The minimum Gasteiger partial charge on any atom is -0.389 e. The molecule has 0 aromatic heterocycles. The van der Waals surface area contributed by atoms with Gasteiger partial charge in [-0.25, -0.2) is 0 Å². The fourth-order valence-electron chi connectivity index (χ4n) is 1.60. The molecule has 0 aliphatic heterocycles. The molecule has 0 amide bonds. The van der Waals surface area contributed by atoms with E-state index in [-0.39, 0.29) is 0 Å². The van der Waals surface area contributed by atoms with E-state index in [1.165, 1.54) is 5.56 Å². The second kappa shape index (κ2) is 5.90. The minimum absolute atomic E-state index is 0.339. The van der Waals surface area contributed by atoms with E-state index >= 15 is 0 Å². The van der Waals surface area contributed by atoms with Crippen molar-refractivity contribution in [2.24, 2.45) is 5.73 Å². The van der Waals surface area contributed by atoms with Gasteiger partial charge in [0.1, 0.15) is 4.99 Å². The van der Waals surface area contributed by atoms with Crippen LogP contribution in [0.25, 0.3) is 0 Å². The number of aryl methyl sites for hydroxylation is 1. The zero-order valence-corrected chi connectivity index (χ0v) is 13.4. The summed E-state index contributed by atoms with van der Waals surface area (Å²) in [7, 11) is 0. The lowest BCUT2D eigenvalue weighted by atomic mass is 10.2. The average molecular weight is 356 g/mol. The van der Waals surface area contributed by atoms with E-state index in [1.54, 1.807) is 6.07 Å². The monoisotopic (exact) mass is 354 g/mol. The molecule has 2 aromatic carbocycles. The summed E-state index contributed by atoms with van der Waals surface area (Å²) in [6.45, 7) is 2.04. The molecule has 19 heavy (non-hydrogen) atoms. The Kier molecular flexibility index (Phi) is 4.45. The van der Waals surface area contributed by atoms with Crippen LogP contribution in [0.3, 0.4) is 0 Å². The maximum absolute atomic E-state index is 6.21. The molecule has 0 radical (unpaired) electrons. The number of nitrogens with two attached hydrogens (primary N) is 1. The molecule has 0 saturated carbocycles. The number of rotatable bonds is 3. The van der Waals surface area contributed by atoms with E-state index < -0.39 is 0 Å². The minimum atomic E-state index is 0.339. The number of thiocarbonyl (C=S) groups is 1. The third-order valence-electron chi connectivity index (χ3n) is 2.70. The third kappa shape index (κ3) is 3.47. The van der Waals surface area contributed by atoms with Gasteiger partial charge in [0.2, 0.25) is 0 Å². The highest BCUT2D eigenvalue weighted by Crippen LogP contribution is 2.28.